The van der Waals surface area contributed by atoms with Crippen molar-refractivity contribution in [2.75, 3.05) is 5.43 Å². The molecule has 1 aromatic heterocycles. The molecule has 1 heterocycles. The molecule has 0 fully saturated rings. The zero-order valence-electron chi connectivity index (χ0n) is 19.1. The van der Waals surface area contributed by atoms with Crippen molar-refractivity contribution in [3.8, 4) is 27.4 Å². The van der Waals surface area contributed by atoms with Gasteiger partial charge in [0.25, 0.3) is 0 Å². The van der Waals surface area contributed by atoms with Gasteiger partial charge in [0, 0.05) is 21.2 Å². The van der Waals surface area contributed by atoms with Crippen LogP contribution < -0.4 is 10.2 Å². The summed E-state index contributed by atoms with van der Waals surface area (Å²) in [4.78, 5) is 5.87. The van der Waals surface area contributed by atoms with E-state index < -0.39 is 0 Å². The molecular formula is C29H21Cl2N3OS. The highest BCUT2D eigenvalue weighted by molar-refractivity contribution is 7.19. The van der Waals surface area contributed by atoms with Crippen molar-refractivity contribution in [2.45, 2.75) is 6.61 Å². The number of rotatable bonds is 8. The van der Waals surface area contributed by atoms with Gasteiger partial charge in [-0.25, -0.2) is 4.98 Å². The fourth-order valence-electron chi connectivity index (χ4n) is 3.55. The summed E-state index contributed by atoms with van der Waals surface area (Å²) in [5, 5.41) is 6.50. The van der Waals surface area contributed by atoms with Gasteiger partial charge in [-0.05, 0) is 53.6 Å². The Labute approximate surface area is 223 Å². The molecule has 5 aromatic rings. The van der Waals surface area contributed by atoms with Crippen molar-refractivity contribution in [2.24, 2.45) is 5.10 Å². The first kappa shape index (κ1) is 24.1. The first-order valence-electron chi connectivity index (χ1n) is 11.2. The summed E-state index contributed by atoms with van der Waals surface area (Å²) in [5.41, 5.74) is 7.97. The van der Waals surface area contributed by atoms with Crippen LogP contribution in [0.5, 0.6) is 5.75 Å². The maximum absolute atomic E-state index is 6.20. The molecule has 0 unspecified atom stereocenters. The van der Waals surface area contributed by atoms with Crippen molar-refractivity contribution < 1.29 is 4.74 Å². The van der Waals surface area contributed by atoms with Crippen LogP contribution in [0.15, 0.2) is 108 Å². The molecule has 0 radical (unpaired) electrons. The van der Waals surface area contributed by atoms with Crippen molar-refractivity contribution in [3.05, 3.63) is 124 Å². The Morgan fingerprint density at radius 3 is 2.28 bits per heavy atom. The van der Waals surface area contributed by atoms with E-state index in [1.54, 1.807) is 17.6 Å². The molecule has 0 aliphatic carbocycles. The summed E-state index contributed by atoms with van der Waals surface area (Å²) in [6.07, 6.45) is 1.75. The fourth-order valence-corrected chi connectivity index (χ4v) is 4.80. The van der Waals surface area contributed by atoms with Gasteiger partial charge >= 0.3 is 0 Å². The minimum atomic E-state index is 0.415. The average molecular weight is 530 g/mol. The quantitative estimate of drug-likeness (QED) is 0.161. The van der Waals surface area contributed by atoms with Gasteiger partial charge in [0.1, 0.15) is 12.4 Å². The predicted molar refractivity (Wildman–Crippen MR) is 151 cm³/mol. The largest absolute Gasteiger partial charge is 0.489 e. The lowest BCUT2D eigenvalue weighted by atomic mass is 10.1. The normalized spacial score (nSPS) is 11.1. The van der Waals surface area contributed by atoms with E-state index in [1.165, 1.54) is 0 Å². The van der Waals surface area contributed by atoms with E-state index in [0.29, 0.717) is 21.8 Å². The van der Waals surface area contributed by atoms with Crippen LogP contribution in [-0.2, 0) is 6.61 Å². The second-order valence-electron chi connectivity index (χ2n) is 7.89. The number of aromatic nitrogens is 1. The molecule has 0 spiro atoms. The van der Waals surface area contributed by atoms with Gasteiger partial charge in [0.05, 0.1) is 16.8 Å². The first-order valence-corrected chi connectivity index (χ1v) is 12.8. The summed E-state index contributed by atoms with van der Waals surface area (Å²) in [7, 11) is 0. The zero-order valence-corrected chi connectivity index (χ0v) is 21.4. The minimum Gasteiger partial charge on any atom is -0.489 e. The van der Waals surface area contributed by atoms with E-state index in [0.717, 1.165) is 38.6 Å². The summed E-state index contributed by atoms with van der Waals surface area (Å²) in [5.74, 6) is 0.764. The number of hydrogen-bond donors (Lipinski definition) is 1. The lowest BCUT2D eigenvalue weighted by Gasteiger charge is -2.07. The standard InChI is InChI=1S/C29H21Cl2N3OS/c30-24-14-12-22(13-15-24)28-27(21-6-2-1-3-7-21)33-29(36-28)34-32-18-20-10-16-25(17-11-20)35-19-23-8-4-5-9-26(23)31/h1-18H,19H2,(H,33,34)/b32-18+. The zero-order chi connectivity index (χ0) is 24.7. The van der Waals surface area contributed by atoms with Crippen LogP contribution in [0.3, 0.4) is 0 Å². The van der Waals surface area contributed by atoms with Crippen LogP contribution >= 0.6 is 34.5 Å². The van der Waals surface area contributed by atoms with Gasteiger partial charge in [0.15, 0.2) is 0 Å². The molecule has 0 saturated carbocycles. The highest BCUT2D eigenvalue weighted by atomic mass is 35.5. The fraction of sp³-hybridized carbons (Fsp3) is 0.0345. The molecular weight excluding hydrogens is 509 g/mol. The molecule has 4 nitrogen and oxygen atoms in total. The van der Waals surface area contributed by atoms with Gasteiger partial charge in [-0.1, -0.05) is 95.2 Å². The minimum absolute atomic E-state index is 0.415. The molecule has 0 aliphatic heterocycles. The second-order valence-corrected chi connectivity index (χ2v) is 9.73. The molecule has 0 saturated heterocycles. The van der Waals surface area contributed by atoms with Gasteiger partial charge in [-0.2, -0.15) is 5.10 Å². The van der Waals surface area contributed by atoms with Crippen molar-refractivity contribution >= 4 is 45.9 Å². The number of benzene rings is 4. The molecule has 0 aliphatic rings. The maximum Gasteiger partial charge on any atom is 0.204 e. The van der Waals surface area contributed by atoms with Gasteiger partial charge in [0.2, 0.25) is 5.13 Å². The van der Waals surface area contributed by atoms with Crippen LogP contribution in [0.1, 0.15) is 11.1 Å². The molecule has 36 heavy (non-hydrogen) atoms. The first-order chi connectivity index (χ1) is 17.7. The maximum atomic E-state index is 6.20. The van der Waals surface area contributed by atoms with E-state index in [9.17, 15) is 0 Å². The van der Waals surface area contributed by atoms with Crippen molar-refractivity contribution in [1.29, 1.82) is 0 Å². The Morgan fingerprint density at radius 1 is 0.806 bits per heavy atom. The number of thiazole rings is 1. The number of ether oxygens (including phenoxy) is 1. The molecule has 0 atom stereocenters. The molecule has 7 heteroatoms. The van der Waals surface area contributed by atoms with E-state index in [2.05, 4.69) is 22.7 Å². The number of nitrogens with one attached hydrogen (secondary N) is 1. The molecule has 1 N–H and O–H groups in total. The number of hydrazone groups is 1. The molecule has 178 valence electrons. The van der Waals surface area contributed by atoms with Gasteiger partial charge in [-0.15, -0.1) is 0 Å². The molecule has 0 amide bonds. The Kier molecular flexibility index (Phi) is 7.62. The van der Waals surface area contributed by atoms with Crippen molar-refractivity contribution in [3.63, 3.8) is 0 Å². The smallest absolute Gasteiger partial charge is 0.204 e. The summed E-state index contributed by atoms with van der Waals surface area (Å²) < 4.78 is 5.85. The van der Waals surface area contributed by atoms with E-state index in [-0.39, 0.29) is 0 Å². The van der Waals surface area contributed by atoms with Crippen LogP contribution in [0.2, 0.25) is 10.0 Å². The Balaban J connectivity index is 1.28. The topological polar surface area (TPSA) is 46.5 Å². The lowest BCUT2D eigenvalue weighted by Crippen LogP contribution is -1.96. The number of halogens is 2. The monoisotopic (exact) mass is 529 g/mol. The second kappa shape index (κ2) is 11.4. The molecule has 0 bridgehead atoms. The summed E-state index contributed by atoms with van der Waals surface area (Å²) in [6, 6.07) is 33.3. The highest BCUT2D eigenvalue weighted by Crippen LogP contribution is 2.39. The third-order valence-electron chi connectivity index (χ3n) is 5.39. The Hall–Kier alpha value is -3.64. The molecule has 4 aromatic carbocycles. The van der Waals surface area contributed by atoms with Crippen LogP contribution in [0, 0.1) is 0 Å². The predicted octanol–water partition coefficient (Wildman–Crippen LogP) is 8.81. The van der Waals surface area contributed by atoms with Crippen molar-refractivity contribution in [1.82, 2.24) is 4.98 Å². The van der Waals surface area contributed by atoms with Crippen LogP contribution in [0.4, 0.5) is 5.13 Å². The van der Waals surface area contributed by atoms with Gasteiger partial charge < -0.3 is 4.74 Å². The van der Waals surface area contributed by atoms with E-state index in [4.69, 9.17) is 32.9 Å². The third kappa shape index (κ3) is 5.94. The number of hydrogen-bond acceptors (Lipinski definition) is 5. The van der Waals surface area contributed by atoms with Crippen LogP contribution in [-0.4, -0.2) is 11.2 Å². The van der Waals surface area contributed by atoms with Gasteiger partial charge in [-0.3, -0.25) is 5.43 Å². The Bertz CT molecular complexity index is 1470. The molecule has 5 rings (SSSR count). The highest BCUT2D eigenvalue weighted by Gasteiger charge is 2.14. The Morgan fingerprint density at radius 2 is 1.53 bits per heavy atom. The average Bonchev–Trinajstić information content (AvgIpc) is 3.34. The number of nitrogens with zero attached hydrogens (tertiary/aromatic N) is 2. The summed E-state index contributed by atoms with van der Waals surface area (Å²) in [6.45, 7) is 0.415. The lowest BCUT2D eigenvalue weighted by molar-refractivity contribution is 0.306. The third-order valence-corrected chi connectivity index (χ3v) is 7.02. The summed E-state index contributed by atoms with van der Waals surface area (Å²) >= 11 is 13.8. The van der Waals surface area contributed by atoms with E-state index in [1.807, 2.05) is 91.0 Å². The van der Waals surface area contributed by atoms with E-state index >= 15 is 0 Å². The van der Waals surface area contributed by atoms with Crippen LogP contribution in [0.25, 0.3) is 21.7 Å². The number of anilines is 1. The SMILES string of the molecule is Clc1ccc(-c2sc(N/N=C/c3ccc(OCc4ccccc4Cl)cc3)nc2-c2ccccc2)cc1.